The number of aromatic nitrogens is 2. The topological polar surface area (TPSA) is 47.0 Å². The lowest BCUT2D eigenvalue weighted by Crippen LogP contribution is -1.98. The molecule has 0 amide bonds. The van der Waals surface area contributed by atoms with E-state index in [4.69, 9.17) is 4.74 Å². The molecule has 136 valence electrons. The largest absolute Gasteiger partial charge is 0.437 e. The summed E-state index contributed by atoms with van der Waals surface area (Å²) in [6, 6.07) is 20.1. The highest BCUT2D eigenvalue weighted by atomic mass is 32.1. The van der Waals surface area contributed by atoms with Gasteiger partial charge in [0.2, 0.25) is 5.88 Å². The van der Waals surface area contributed by atoms with Crippen molar-refractivity contribution < 1.29 is 4.74 Å². The van der Waals surface area contributed by atoms with Gasteiger partial charge in [0, 0.05) is 6.20 Å². The summed E-state index contributed by atoms with van der Waals surface area (Å²) in [5, 5.41) is 4.19. The molecule has 1 N–H and O–H groups in total. The maximum Gasteiger partial charge on any atom is 0.243 e. The van der Waals surface area contributed by atoms with Gasteiger partial charge in [-0.2, -0.15) is 0 Å². The van der Waals surface area contributed by atoms with Crippen LogP contribution in [0, 0.1) is 0 Å². The summed E-state index contributed by atoms with van der Waals surface area (Å²) in [6.07, 6.45) is 5.04. The van der Waals surface area contributed by atoms with Gasteiger partial charge >= 0.3 is 0 Å². The van der Waals surface area contributed by atoms with Crippen LogP contribution in [0.4, 0.5) is 10.8 Å². The van der Waals surface area contributed by atoms with E-state index in [2.05, 4.69) is 40.4 Å². The quantitative estimate of drug-likeness (QED) is 0.397. The minimum absolute atomic E-state index is 0.556. The van der Waals surface area contributed by atoms with E-state index >= 15 is 0 Å². The molecule has 27 heavy (non-hydrogen) atoms. The number of anilines is 2. The van der Waals surface area contributed by atoms with Gasteiger partial charge in [-0.15, -0.1) is 0 Å². The Morgan fingerprint density at radius 3 is 2.74 bits per heavy atom. The molecule has 4 aromatic rings. The van der Waals surface area contributed by atoms with Crippen molar-refractivity contribution in [3.8, 4) is 11.6 Å². The normalized spacial score (nSPS) is 10.9. The highest BCUT2D eigenvalue weighted by molar-refractivity contribution is 7.22. The summed E-state index contributed by atoms with van der Waals surface area (Å²) in [7, 11) is 0. The molecule has 4 nitrogen and oxygen atoms in total. The third-order valence-electron chi connectivity index (χ3n) is 4.29. The minimum Gasteiger partial charge on any atom is -0.437 e. The van der Waals surface area contributed by atoms with E-state index in [0.717, 1.165) is 46.0 Å². The Labute approximate surface area is 162 Å². The van der Waals surface area contributed by atoms with E-state index in [9.17, 15) is 0 Å². The number of hydrogen-bond acceptors (Lipinski definition) is 5. The zero-order valence-electron chi connectivity index (χ0n) is 15.2. The van der Waals surface area contributed by atoms with Crippen LogP contribution in [-0.2, 0) is 6.42 Å². The number of pyridine rings is 1. The number of ether oxygens (including phenoxy) is 1. The first kappa shape index (κ1) is 17.5. The number of benzene rings is 2. The van der Waals surface area contributed by atoms with Crippen molar-refractivity contribution in [2.75, 3.05) is 5.32 Å². The molecule has 2 aromatic heterocycles. The van der Waals surface area contributed by atoms with Crippen LogP contribution in [0.1, 0.15) is 25.3 Å². The Morgan fingerprint density at radius 1 is 1.00 bits per heavy atom. The van der Waals surface area contributed by atoms with Crippen molar-refractivity contribution in [2.24, 2.45) is 0 Å². The highest BCUT2D eigenvalue weighted by Crippen LogP contribution is 2.34. The second-order valence-electron chi connectivity index (χ2n) is 6.28. The summed E-state index contributed by atoms with van der Waals surface area (Å²) in [5.74, 6) is 1.41. The van der Waals surface area contributed by atoms with Gasteiger partial charge in [0.15, 0.2) is 5.13 Å². The molecule has 0 saturated carbocycles. The number of fused-ring (bicyclic) bond motifs is 1. The molecule has 0 aliphatic heterocycles. The Kier molecular flexibility index (Phi) is 5.30. The van der Waals surface area contributed by atoms with Crippen LogP contribution in [0.5, 0.6) is 11.6 Å². The molecule has 0 radical (unpaired) electrons. The maximum atomic E-state index is 6.19. The highest BCUT2D eigenvalue weighted by Gasteiger charge is 2.11. The lowest BCUT2D eigenvalue weighted by molar-refractivity contribution is 0.458. The second kappa shape index (κ2) is 8.18. The van der Waals surface area contributed by atoms with Gasteiger partial charge in [0.25, 0.3) is 0 Å². The van der Waals surface area contributed by atoms with Crippen molar-refractivity contribution in [1.29, 1.82) is 0 Å². The molecule has 4 rings (SSSR count). The molecule has 0 aliphatic carbocycles. The van der Waals surface area contributed by atoms with E-state index in [0.29, 0.717) is 5.88 Å². The molecule has 0 saturated heterocycles. The van der Waals surface area contributed by atoms with Crippen molar-refractivity contribution in [2.45, 2.75) is 26.2 Å². The molecule has 2 heterocycles. The van der Waals surface area contributed by atoms with Crippen LogP contribution in [0.25, 0.3) is 10.2 Å². The molecule has 5 heteroatoms. The number of aryl methyl sites for hydroxylation is 1. The van der Waals surface area contributed by atoms with Gasteiger partial charge in [-0.25, -0.2) is 9.97 Å². The van der Waals surface area contributed by atoms with Crippen molar-refractivity contribution in [3.05, 3.63) is 72.4 Å². The fourth-order valence-corrected chi connectivity index (χ4v) is 3.77. The van der Waals surface area contributed by atoms with Crippen LogP contribution >= 0.6 is 11.3 Å². The predicted molar refractivity (Wildman–Crippen MR) is 112 cm³/mol. The Morgan fingerprint density at radius 2 is 1.85 bits per heavy atom. The van der Waals surface area contributed by atoms with E-state index in [-0.39, 0.29) is 0 Å². The first-order valence-electron chi connectivity index (χ1n) is 9.17. The Hall–Kier alpha value is -2.92. The summed E-state index contributed by atoms with van der Waals surface area (Å²) in [4.78, 5) is 9.08. The van der Waals surface area contributed by atoms with Gasteiger partial charge in [0.05, 0.1) is 10.2 Å². The summed E-state index contributed by atoms with van der Waals surface area (Å²) in [5.41, 5.74) is 3.00. The first-order valence-corrected chi connectivity index (χ1v) is 9.98. The average Bonchev–Trinajstić information content (AvgIpc) is 3.11. The minimum atomic E-state index is 0.556. The lowest BCUT2D eigenvalue weighted by atomic mass is 10.1. The van der Waals surface area contributed by atoms with E-state index in [1.807, 2.05) is 42.5 Å². The van der Waals surface area contributed by atoms with E-state index in [1.165, 1.54) is 5.56 Å². The fourth-order valence-electron chi connectivity index (χ4n) is 2.89. The molecule has 2 aromatic carbocycles. The summed E-state index contributed by atoms with van der Waals surface area (Å²) < 4.78 is 7.34. The van der Waals surface area contributed by atoms with E-state index in [1.54, 1.807) is 17.5 Å². The standard InChI is InChI=1S/C22H21N3OS/c1-2-3-9-16-10-4-6-13-19(16)26-21-18(12-8-15-23-21)25-22-24-17-11-5-7-14-20(17)27-22/h4-8,10-15H,2-3,9H2,1H3,(H,24,25). The average molecular weight is 375 g/mol. The van der Waals surface area contributed by atoms with Crippen molar-refractivity contribution >= 4 is 32.4 Å². The van der Waals surface area contributed by atoms with Crippen molar-refractivity contribution in [1.82, 2.24) is 9.97 Å². The lowest BCUT2D eigenvalue weighted by Gasteiger charge is -2.13. The monoisotopic (exact) mass is 375 g/mol. The molecule has 0 aliphatic rings. The van der Waals surface area contributed by atoms with E-state index < -0.39 is 0 Å². The van der Waals surface area contributed by atoms with Crippen LogP contribution in [-0.4, -0.2) is 9.97 Å². The van der Waals surface area contributed by atoms with Gasteiger partial charge < -0.3 is 10.1 Å². The molecular formula is C22H21N3OS. The van der Waals surface area contributed by atoms with Crippen LogP contribution < -0.4 is 10.1 Å². The molecule has 0 unspecified atom stereocenters. The van der Waals surface area contributed by atoms with Crippen LogP contribution in [0.3, 0.4) is 0 Å². The smallest absolute Gasteiger partial charge is 0.243 e. The number of hydrogen-bond donors (Lipinski definition) is 1. The first-order chi connectivity index (χ1) is 13.3. The summed E-state index contributed by atoms with van der Waals surface area (Å²) in [6.45, 7) is 2.20. The Bertz CT molecular complexity index is 1010. The molecule has 0 atom stereocenters. The number of rotatable bonds is 7. The number of nitrogens with one attached hydrogen (secondary N) is 1. The van der Waals surface area contributed by atoms with Crippen LogP contribution in [0.2, 0.25) is 0 Å². The zero-order valence-corrected chi connectivity index (χ0v) is 16.0. The third-order valence-corrected chi connectivity index (χ3v) is 5.24. The molecule has 0 fully saturated rings. The number of thiazole rings is 1. The summed E-state index contributed by atoms with van der Waals surface area (Å²) >= 11 is 1.62. The SMILES string of the molecule is CCCCc1ccccc1Oc1ncccc1Nc1nc2ccccc2s1. The van der Waals surface area contributed by atoms with Gasteiger partial charge in [0.1, 0.15) is 11.4 Å². The molecular weight excluding hydrogens is 354 g/mol. The predicted octanol–water partition coefficient (Wildman–Crippen LogP) is 6.57. The number of para-hydroxylation sites is 2. The maximum absolute atomic E-state index is 6.19. The van der Waals surface area contributed by atoms with Gasteiger partial charge in [-0.05, 0) is 48.7 Å². The van der Waals surface area contributed by atoms with Gasteiger partial charge in [-0.3, -0.25) is 0 Å². The number of unbranched alkanes of at least 4 members (excludes halogenated alkanes) is 1. The van der Waals surface area contributed by atoms with Crippen molar-refractivity contribution in [3.63, 3.8) is 0 Å². The molecule has 0 bridgehead atoms. The molecule has 0 spiro atoms. The second-order valence-corrected chi connectivity index (χ2v) is 7.31. The zero-order chi connectivity index (χ0) is 18.5. The number of nitrogens with zero attached hydrogens (tertiary/aromatic N) is 2. The van der Waals surface area contributed by atoms with Gasteiger partial charge in [-0.1, -0.05) is 55.0 Å². The fraction of sp³-hybridized carbons (Fsp3) is 0.182. The third kappa shape index (κ3) is 4.09. The van der Waals surface area contributed by atoms with Crippen LogP contribution in [0.15, 0.2) is 66.9 Å². The Balaban J connectivity index is 1.60.